The lowest BCUT2D eigenvalue weighted by molar-refractivity contribution is -0.0871. The summed E-state index contributed by atoms with van der Waals surface area (Å²) in [6.45, 7) is 11.9. The van der Waals surface area contributed by atoms with Crippen molar-refractivity contribution >= 4 is 0 Å². The van der Waals surface area contributed by atoms with Crippen LogP contribution in [0.2, 0.25) is 0 Å². The average Bonchev–Trinajstić information content (AvgIpc) is 2.48. The maximum Gasteiger partial charge on any atom is 0.0959 e. The molecule has 3 heteroatoms. The van der Waals surface area contributed by atoms with Gasteiger partial charge in [-0.3, -0.25) is 4.90 Å². The minimum absolute atomic E-state index is 0.0749. The standard InChI is InChI=1S/C17H28N2O/c1-4-17(2,3)20-16(15-8-6-5-7-9-15)14-19-12-10-18-11-13-19/h5-9,16,18H,4,10-14H2,1-3H3. The summed E-state index contributed by atoms with van der Waals surface area (Å²) in [5.41, 5.74) is 1.21. The summed E-state index contributed by atoms with van der Waals surface area (Å²) in [6.07, 6.45) is 1.18. The molecule has 2 rings (SSSR count). The van der Waals surface area contributed by atoms with E-state index in [9.17, 15) is 0 Å². The Kier molecular flexibility index (Phi) is 5.58. The summed E-state index contributed by atoms with van der Waals surface area (Å²) < 4.78 is 6.41. The molecule has 3 nitrogen and oxygen atoms in total. The maximum absolute atomic E-state index is 6.41. The summed E-state index contributed by atoms with van der Waals surface area (Å²) in [6, 6.07) is 10.6. The van der Waals surface area contributed by atoms with E-state index in [2.05, 4.69) is 61.3 Å². The molecule has 112 valence electrons. The molecule has 1 aliphatic rings. The van der Waals surface area contributed by atoms with Crippen molar-refractivity contribution in [2.75, 3.05) is 32.7 Å². The van der Waals surface area contributed by atoms with Crippen molar-refractivity contribution in [2.45, 2.75) is 38.9 Å². The van der Waals surface area contributed by atoms with Crippen LogP contribution in [0.3, 0.4) is 0 Å². The van der Waals surface area contributed by atoms with Gasteiger partial charge in [-0.05, 0) is 25.8 Å². The second kappa shape index (κ2) is 7.21. The molecule has 1 unspecified atom stereocenters. The van der Waals surface area contributed by atoms with Crippen LogP contribution in [0, 0.1) is 0 Å². The van der Waals surface area contributed by atoms with Crippen LogP contribution in [-0.4, -0.2) is 43.2 Å². The van der Waals surface area contributed by atoms with Gasteiger partial charge in [0, 0.05) is 32.7 Å². The highest BCUT2D eigenvalue weighted by molar-refractivity contribution is 5.18. The molecular formula is C17H28N2O. The monoisotopic (exact) mass is 276 g/mol. The third-order valence-corrected chi connectivity index (χ3v) is 4.12. The van der Waals surface area contributed by atoms with Crippen molar-refractivity contribution in [2.24, 2.45) is 0 Å². The number of benzene rings is 1. The zero-order chi connectivity index (χ0) is 14.4. The molecule has 1 aromatic rings. The van der Waals surface area contributed by atoms with Crippen molar-refractivity contribution in [3.8, 4) is 0 Å². The second-order valence-corrected chi connectivity index (χ2v) is 6.18. The Morgan fingerprint density at radius 1 is 1.20 bits per heavy atom. The molecule has 1 N–H and O–H groups in total. The zero-order valence-electron chi connectivity index (χ0n) is 13.1. The van der Waals surface area contributed by atoms with Gasteiger partial charge in [-0.1, -0.05) is 37.3 Å². The first kappa shape index (κ1) is 15.5. The third kappa shape index (κ3) is 4.58. The van der Waals surface area contributed by atoms with Gasteiger partial charge >= 0.3 is 0 Å². The van der Waals surface area contributed by atoms with Gasteiger partial charge in [0.25, 0.3) is 0 Å². The smallest absolute Gasteiger partial charge is 0.0959 e. The van der Waals surface area contributed by atoms with Crippen LogP contribution in [0.1, 0.15) is 38.9 Å². The molecule has 1 aromatic carbocycles. The molecule has 0 amide bonds. The van der Waals surface area contributed by atoms with Crippen LogP contribution in [0.5, 0.6) is 0 Å². The van der Waals surface area contributed by atoms with Gasteiger partial charge in [0.15, 0.2) is 0 Å². The lowest BCUT2D eigenvalue weighted by Gasteiger charge is -2.35. The Labute approximate surface area is 123 Å². The Balaban J connectivity index is 2.07. The highest BCUT2D eigenvalue weighted by Crippen LogP contribution is 2.27. The van der Waals surface area contributed by atoms with E-state index in [0.29, 0.717) is 0 Å². The fraction of sp³-hybridized carbons (Fsp3) is 0.647. The van der Waals surface area contributed by atoms with Crippen molar-refractivity contribution in [3.05, 3.63) is 35.9 Å². The van der Waals surface area contributed by atoms with Crippen LogP contribution >= 0.6 is 0 Å². The molecule has 1 aliphatic heterocycles. The molecule has 1 fully saturated rings. The fourth-order valence-electron chi connectivity index (χ4n) is 2.48. The molecular weight excluding hydrogens is 248 g/mol. The lowest BCUT2D eigenvalue weighted by atomic mass is 10.0. The molecule has 0 aliphatic carbocycles. The van der Waals surface area contributed by atoms with E-state index in [0.717, 1.165) is 39.1 Å². The number of piperazine rings is 1. The van der Waals surface area contributed by atoms with E-state index in [-0.39, 0.29) is 11.7 Å². The molecule has 1 heterocycles. The van der Waals surface area contributed by atoms with Gasteiger partial charge in [0.05, 0.1) is 11.7 Å². The molecule has 0 radical (unpaired) electrons. The predicted octanol–water partition coefficient (Wildman–Crippen LogP) is 2.84. The van der Waals surface area contributed by atoms with Crippen molar-refractivity contribution in [1.82, 2.24) is 10.2 Å². The van der Waals surface area contributed by atoms with Crippen LogP contribution in [-0.2, 0) is 4.74 Å². The molecule has 1 saturated heterocycles. The SMILES string of the molecule is CCC(C)(C)OC(CN1CCNCC1)c1ccccc1. The van der Waals surface area contributed by atoms with E-state index in [1.807, 2.05) is 0 Å². The molecule has 0 spiro atoms. The van der Waals surface area contributed by atoms with Crippen LogP contribution in [0.4, 0.5) is 0 Å². The minimum Gasteiger partial charge on any atom is -0.366 e. The van der Waals surface area contributed by atoms with E-state index in [1.54, 1.807) is 0 Å². The topological polar surface area (TPSA) is 24.5 Å². The van der Waals surface area contributed by atoms with Crippen LogP contribution in [0.25, 0.3) is 0 Å². The Hall–Kier alpha value is -0.900. The van der Waals surface area contributed by atoms with E-state index in [1.165, 1.54) is 5.56 Å². The molecule has 20 heavy (non-hydrogen) atoms. The Bertz CT molecular complexity index is 385. The summed E-state index contributed by atoms with van der Waals surface area (Å²) in [5.74, 6) is 0. The number of nitrogens with zero attached hydrogens (tertiary/aromatic N) is 1. The maximum atomic E-state index is 6.41. The molecule has 0 bridgehead atoms. The van der Waals surface area contributed by atoms with Crippen LogP contribution < -0.4 is 5.32 Å². The highest BCUT2D eigenvalue weighted by atomic mass is 16.5. The van der Waals surface area contributed by atoms with Crippen molar-refractivity contribution in [3.63, 3.8) is 0 Å². The predicted molar refractivity (Wildman–Crippen MR) is 83.9 cm³/mol. The number of rotatable bonds is 6. The summed E-state index contributed by atoms with van der Waals surface area (Å²) >= 11 is 0. The summed E-state index contributed by atoms with van der Waals surface area (Å²) in [4.78, 5) is 2.50. The number of ether oxygens (including phenoxy) is 1. The number of hydrogen-bond acceptors (Lipinski definition) is 3. The van der Waals surface area contributed by atoms with Crippen molar-refractivity contribution in [1.29, 1.82) is 0 Å². The fourth-order valence-corrected chi connectivity index (χ4v) is 2.48. The van der Waals surface area contributed by atoms with Gasteiger partial charge in [0.1, 0.15) is 0 Å². The van der Waals surface area contributed by atoms with Gasteiger partial charge < -0.3 is 10.1 Å². The van der Waals surface area contributed by atoms with Gasteiger partial charge in [0.2, 0.25) is 0 Å². The first-order valence-electron chi connectivity index (χ1n) is 7.76. The summed E-state index contributed by atoms with van der Waals surface area (Å²) in [7, 11) is 0. The average molecular weight is 276 g/mol. The quantitative estimate of drug-likeness (QED) is 0.864. The summed E-state index contributed by atoms with van der Waals surface area (Å²) in [5, 5.41) is 3.40. The molecule has 0 aromatic heterocycles. The van der Waals surface area contributed by atoms with Crippen molar-refractivity contribution < 1.29 is 4.74 Å². The van der Waals surface area contributed by atoms with E-state index >= 15 is 0 Å². The molecule has 1 atom stereocenters. The highest BCUT2D eigenvalue weighted by Gasteiger charge is 2.25. The first-order valence-corrected chi connectivity index (χ1v) is 7.76. The van der Waals surface area contributed by atoms with Crippen LogP contribution in [0.15, 0.2) is 30.3 Å². The Morgan fingerprint density at radius 2 is 1.85 bits per heavy atom. The van der Waals surface area contributed by atoms with Gasteiger partial charge in [-0.2, -0.15) is 0 Å². The second-order valence-electron chi connectivity index (χ2n) is 6.18. The third-order valence-electron chi connectivity index (χ3n) is 4.12. The van der Waals surface area contributed by atoms with Gasteiger partial charge in [-0.25, -0.2) is 0 Å². The van der Waals surface area contributed by atoms with E-state index < -0.39 is 0 Å². The Morgan fingerprint density at radius 3 is 2.45 bits per heavy atom. The number of hydrogen-bond donors (Lipinski definition) is 1. The molecule has 0 saturated carbocycles. The largest absolute Gasteiger partial charge is 0.366 e. The minimum atomic E-state index is -0.0749. The van der Waals surface area contributed by atoms with Gasteiger partial charge in [-0.15, -0.1) is 0 Å². The first-order chi connectivity index (χ1) is 9.61. The zero-order valence-corrected chi connectivity index (χ0v) is 13.1. The lowest BCUT2D eigenvalue weighted by Crippen LogP contribution is -2.45. The van der Waals surface area contributed by atoms with E-state index in [4.69, 9.17) is 4.74 Å². The normalized spacial score (nSPS) is 18.9. The number of nitrogens with one attached hydrogen (secondary N) is 1.